The minimum Gasteiger partial charge on any atom is -0.372 e. The van der Waals surface area contributed by atoms with E-state index in [1.807, 2.05) is 13.8 Å². The lowest BCUT2D eigenvalue weighted by Gasteiger charge is -2.36. The average Bonchev–Trinajstić information content (AvgIpc) is 2.45. The largest absolute Gasteiger partial charge is 0.372 e. The number of nitrogens with one attached hydrogen (secondary N) is 2. The summed E-state index contributed by atoms with van der Waals surface area (Å²) in [6.07, 6.45) is 5.05. The Bertz CT molecular complexity index is 507. The van der Waals surface area contributed by atoms with Crippen LogP contribution in [0.15, 0.2) is 10.9 Å². The molecule has 0 aromatic carbocycles. The Hall–Kier alpha value is -1.56. The van der Waals surface area contributed by atoms with Crippen LogP contribution in [0.5, 0.6) is 0 Å². The molecule has 22 heavy (non-hydrogen) atoms. The van der Waals surface area contributed by atoms with Gasteiger partial charge in [-0.2, -0.15) is 4.98 Å². The fourth-order valence-corrected chi connectivity index (χ4v) is 2.81. The summed E-state index contributed by atoms with van der Waals surface area (Å²) >= 11 is 0. The lowest BCUT2D eigenvalue weighted by Crippen LogP contribution is -2.46. The van der Waals surface area contributed by atoms with Crippen LogP contribution >= 0.6 is 0 Å². The molecule has 6 heteroatoms. The van der Waals surface area contributed by atoms with Crippen molar-refractivity contribution in [3.05, 3.63) is 16.4 Å². The molecule has 124 valence electrons. The normalized spacial score (nSPS) is 21.9. The number of rotatable bonds is 7. The van der Waals surface area contributed by atoms with E-state index in [4.69, 9.17) is 4.74 Å². The first-order valence-corrected chi connectivity index (χ1v) is 8.34. The summed E-state index contributed by atoms with van der Waals surface area (Å²) in [7, 11) is 0. The minimum atomic E-state index is -0.118. The van der Waals surface area contributed by atoms with E-state index in [9.17, 15) is 4.79 Å². The van der Waals surface area contributed by atoms with Gasteiger partial charge in [0.05, 0.1) is 12.2 Å². The number of ether oxygens (including phenoxy) is 1. The molecule has 0 radical (unpaired) electrons. The van der Waals surface area contributed by atoms with Crippen LogP contribution in [-0.2, 0) is 4.74 Å². The van der Waals surface area contributed by atoms with Gasteiger partial charge < -0.3 is 15.0 Å². The molecule has 0 saturated carbocycles. The first-order chi connectivity index (χ1) is 10.6. The molecule has 1 aromatic rings. The standard InChI is InChI=1S/C16H28N4O2/c1-4-5-6-7-8-17-16-18-14(9-15(21)19-16)20-10-12(2)22-13(3)11-20/h9,12-13H,4-8,10-11H2,1-3H3,(H2,17,18,19,21)/t12-,13-/m0/s1. The van der Waals surface area contributed by atoms with Crippen molar-refractivity contribution in [2.24, 2.45) is 0 Å². The van der Waals surface area contributed by atoms with Crippen LogP contribution in [0.4, 0.5) is 11.8 Å². The molecule has 0 spiro atoms. The highest BCUT2D eigenvalue weighted by Gasteiger charge is 2.23. The van der Waals surface area contributed by atoms with Crippen LogP contribution in [0.1, 0.15) is 46.5 Å². The second-order valence-electron chi connectivity index (χ2n) is 6.10. The van der Waals surface area contributed by atoms with Crippen LogP contribution < -0.4 is 15.8 Å². The molecule has 2 heterocycles. The van der Waals surface area contributed by atoms with Crippen molar-refractivity contribution in [3.8, 4) is 0 Å². The number of unbranched alkanes of at least 4 members (excludes halogenated alkanes) is 3. The van der Waals surface area contributed by atoms with E-state index in [-0.39, 0.29) is 17.8 Å². The predicted molar refractivity (Wildman–Crippen MR) is 89.7 cm³/mol. The maximum absolute atomic E-state index is 11.9. The number of nitrogens with zero attached hydrogens (tertiary/aromatic N) is 2. The molecule has 2 N–H and O–H groups in total. The topological polar surface area (TPSA) is 70.2 Å². The number of aromatic amines is 1. The van der Waals surface area contributed by atoms with E-state index >= 15 is 0 Å². The Labute approximate surface area is 132 Å². The van der Waals surface area contributed by atoms with Crippen molar-refractivity contribution in [1.82, 2.24) is 9.97 Å². The molecule has 0 aliphatic carbocycles. The van der Waals surface area contributed by atoms with E-state index in [0.717, 1.165) is 31.9 Å². The summed E-state index contributed by atoms with van der Waals surface area (Å²) in [5.41, 5.74) is -0.118. The van der Waals surface area contributed by atoms with Gasteiger partial charge in [-0.05, 0) is 20.3 Å². The van der Waals surface area contributed by atoms with Crippen LogP contribution in [0.3, 0.4) is 0 Å². The van der Waals surface area contributed by atoms with Crippen LogP contribution in [0, 0.1) is 0 Å². The monoisotopic (exact) mass is 308 g/mol. The van der Waals surface area contributed by atoms with Crippen molar-refractivity contribution in [2.75, 3.05) is 29.9 Å². The second-order valence-corrected chi connectivity index (χ2v) is 6.10. The Morgan fingerprint density at radius 2 is 2.05 bits per heavy atom. The molecule has 0 bridgehead atoms. The van der Waals surface area contributed by atoms with Crippen molar-refractivity contribution >= 4 is 11.8 Å². The molecule has 1 aliphatic rings. The smallest absolute Gasteiger partial charge is 0.254 e. The van der Waals surface area contributed by atoms with Crippen molar-refractivity contribution in [2.45, 2.75) is 58.7 Å². The van der Waals surface area contributed by atoms with E-state index in [0.29, 0.717) is 5.95 Å². The summed E-state index contributed by atoms with van der Waals surface area (Å²) in [6.45, 7) is 8.64. The maximum atomic E-state index is 11.9. The summed E-state index contributed by atoms with van der Waals surface area (Å²) < 4.78 is 5.73. The number of hydrogen-bond donors (Lipinski definition) is 2. The summed E-state index contributed by atoms with van der Waals surface area (Å²) in [5.74, 6) is 1.28. The lowest BCUT2D eigenvalue weighted by molar-refractivity contribution is -0.00546. The number of anilines is 2. The summed E-state index contributed by atoms with van der Waals surface area (Å²) in [5, 5.41) is 3.22. The minimum absolute atomic E-state index is 0.118. The van der Waals surface area contributed by atoms with Gasteiger partial charge in [-0.1, -0.05) is 26.2 Å². The second kappa shape index (κ2) is 8.17. The first kappa shape index (κ1) is 16.8. The molecular formula is C16H28N4O2. The van der Waals surface area contributed by atoms with Gasteiger partial charge in [0.2, 0.25) is 5.95 Å². The molecule has 2 rings (SSSR count). The quantitative estimate of drug-likeness (QED) is 0.757. The number of aromatic nitrogens is 2. The highest BCUT2D eigenvalue weighted by molar-refractivity contribution is 5.43. The Balaban J connectivity index is 1.98. The summed E-state index contributed by atoms with van der Waals surface area (Å²) in [4.78, 5) is 21.3. The van der Waals surface area contributed by atoms with Crippen molar-refractivity contribution in [3.63, 3.8) is 0 Å². The van der Waals surface area contributed by atoms with Crippen LogP contribution in [0.25, 0.3) is 0 Å². The van der Waals surface area contributed by atoms with E-state index in [1.165, 1.54) is 19.3 Å². The molecule has 1 fully saturated rings. The fourth-order valence-electron chi connectivity index (χ4n) is 2.81. The van der Waals surface area contributed by atoms with Gasteiger partial charge in [0.25, 0.3) is 5.56 Å². The average molecular weight is 308 g/mol. The first-order valence-electron chi connectivity index (χ1n) is 8.34. The fraction of sp³-hybridized carbons (Fsp3) is 0.750. The van der Waals surface area contributed by atoms with E-state index < -0.39 is 0 Å². The molecule has 1 aromatic heterocycles. The van der Waals surface area contributed by atoms with E-state index in [2.05, 4.69) is 27.1 Å². The van der Waals surface area contributed by atoms with Gasteiger partial charge in [-0.3, -0.25) is 9.78 Å². The van der Waals surface area contributed by atoms with Gasteiger partial charge in [0.1, 0.15) is 5.82 Å². The zero-order valence-electron chi connectivity index (χ0n) is 13.9. The molecule has 0 amide bonds. The van der Waals surface area contributed by atoms with Crippen LogP contribution in [-0.4, -0.2) is 41.8 Å². The van der Waals surface area contributed by atoms with Crippen molar-refractivity contribution in [1.29, 1.82) is 0 Å². The Morgan fingerprint density at radius 1 is 1.32 bits per heavy atom. The number of H-pyrrole nitrogens is 1. The predicted octanol–water partition coefficient (Wildman–Crippen LogP) is 2.38. The maximum Gasteiger partial charge on any atom is 0.254 e. The zero-order chi connectivity index (χ0) is 15.9. The third kappa shape index (κ3) is 5.02. The Kier molecular flexibility index (Phi) is 6.24. The summed E-state index contributed by atoms with van der Waals surface area (Å²) in [6, 6.07) is 1.56. The SMILES string of the molecule is CCCCCCNc1nc(N2C[C@H](C)O[C@@H](C)C2)cc(=O)[nH]1. The van der Waals surface area contributed by atoms with Gasteiger partial charge >= 0.3 is 0 Å². The molecule has 2 atom stereocenters. The van der Waals surface area contributed by atoms with Gasteiger partial charge in [0, 0.05) is 25.7 Å². The molecule has 1 aliphatic heterocycles. The third-order valence-electron chi connectivity index (χ3n) is 3.79. The van der Waals surface area contributed by atoms with Gasteiger partial charge in [0.15, 0.2) is 0 Å². The van der Waals surface area contributed by atoms with Crippen molar-refractivity contribution < 1.29 is 4.74 Å². The van der Waals surface area contributed by atoms with E-state index in [1.54, 1.807) is 6.07 Å². The number of hydrogen-bond acceptors (Lipinski definition) is 5. The van der Waals surface area contributed by atoms with Gasteiger partial charge in [-0.25, -0.2) is 0 Å². The Morgan fingerprint density at radius 3 is 2.73 bits per heavy atom. The van der Waals surface area contributed by atoms with Gasteiger partial charge in [-0.15, -0.1) is 0 Å². The zero-order valence-corrected chi connectivity index (χ0v) is 13.9. The highest BCUT2D eigenvalue weighted by atomic mass is 16.5. The number of morpholine rings is 1. The molecule has 0 unspecified atom stereocenters. The lowest BCUT2D eigenvalue weighted by atomic mass is 10.2. The highest BCUT2D eigenvalue weighted by Crippen LogP contribution is 2.17. The molecular weight excluding hydrogens is 280 g/mol. The third-order valence-corrected chi connectivity index (χ3v) is 3.79. The molecule has 1 saturated heterocycles. The van der Waals surface area contributed by atoms with Crippen LogP contribution in [0.2, 0.25) is 0 Å². The molecule has 6 nitrogen and oxygen atoms in total.